The molecule has 96 valence electrons. The van der Waals surface area contributed by atoms with Crippen LogP contribution in [0, 0.1) is 0 Å². The third-order valence-electron chi connectivity index (χ3n) is 2.73. The lowest BCUT2D eigenvalue weighted by atomic mass is 10.1. The van der Waals surface area contributed by atoms with Crippen molar-refractivity contribution in [2.24, 2.45) is 0 Å². The Kier molecular flexibility index (Phi) is 3.31. The topological polar surface area (TPSA) is 111 Å². The molecule has 2 heterocycles. The van der Waals surface area contributed by atoms with Crippen molar-refractivity contribution in [2.45, 2.75) is 18.4 Å². The molecule has 0 amide bonds. The minimum Gasteiger partial charge on any atom is -0.394 e. The second-order valence-electron chi connectivity index (χ2n) is 3.83. The van der Waals surface area contributed by atoms with Crippen molar-refractivity contribution in [1.29, 1.82) is 0 Å². The lowest BCUT2D eigenvalue weighted by Crippen LogP contribution is -2.28. The lowest BCUT2D eigenvalue weighted by molar-refractivity contribution is -0.0447. The van der Waals surface area contributed by atoms with Crippen molar-refractivity contribution in [1.82, 2.24) is 9.55 Å². The standard InChI is InChI=1S/C11H13N3O4/c1-2-6-9(16)7(5-15)18-10(6)14-4-3-8(12)13-11(14)17/h3-4,7,9-10,15-16H,1,5H2,(H2,12,13,17)/t7-,9?,10-/m1/s1. The first-order chi connectivity index (χ1) is 8.58. The molecule has 0 spiro atoms. The summed E-state index contributed by atoms with van der Waals surface area (Å²) < 4.78 is 6.53. The number of nitrogen functional groups attached to an aromatic ring is 1. The van der Waals surface area contributed by atoms with Gasteiger partial charge in [0.2, 0.25) is 0 Å². The highest BCUT2D eigenvalue weighted by atomic mass is 16.5. The van der Waals surface area contributed by atoms with E-state index in [1.165, 1.54) is 12.3 Å². The Morgan fingerprint density at radius 3 is 2.94 bits per heavy atom. The number of aliphatic hydroxyl groups excluding tert-OH is 2. The van der Waals surface area contributed by atoms with Crippen LogP contribution in [0.4, 0.5) is 5.82 Å². The normalized spacial score (nSPS) is 27.2. The number of hydrogen-bond donors (Lipinski definition) is 3. The fraction of sp³-hybridized carbons (Fsp3) is 0.364. The first kappa shape index (κ1) is 12.5. The summed E-state index contributed by atoms with van der Waals surface area (Å²) in [5.41, 5.74) is 7.58. The summed E-state index contributed by atoms with van der Waals surface area (Å²) in [6.45, 7) is 3.07. The fourth-order valence-corrected chi connectivity index (χ4v) is 1.81. The van der Waals surface area contributed by atoms with Crippen molar-refractivity contribution >= 4 is 5.82 Å². The summed E-state index contributed by atoms with van der Waals surface area (Å²) in [4.78, 5) is 15.2. The Morgan fingerprint density at radius 2 is 2.39 bits per heavy atom. The van der Waals surface area contributed by atoms with Gasteiger partial charge in [-0.3, -0.25) is 4.57 Å². The maximum Gasteiger partial charge on any atom is 0.351 e. The number of hydrogen-bond acceptors (Lipinski definition) is 6. The van der Waals surface area contributed by atoms with E-state index < -0.39 is 24.1 Å². The van der Waals surface area contributed by atoms with E-state index in [2.05, 4.69) is 17.3 Å². The molecule has 3 atom stereocenters. The third kappa shape index (κ3) is 1.96. The van der Waals surface area contributed by atoms with E-state index in [0.29, 0.717) is 0 Å². The molecule has 0 radical (unpaired) electrons. The summed E-state index contributed by atoms with van der Waals surface area (Å²) in [7, 11) is 0. The van der Waals surface area contributed by atoms with Crippen LogP contribution in [0.15, 0.2) is 34.9 Å². The summed E-state index contributed by atoms with van der Waals surface area (Å²) in [6.07, 6.45) is -1.35. The number of aromatic nitrogens is 2. The van der Waals surface area contributed by atoms with Crippen LogP contribution in [-0.4, -0.2) is 38.6 Å². The van der Waals surface area contributed by atoms with Gasteiger partial charge in [-0.1, -0.05) is 6.58 Å². The van der Waals surface area contributed by atoms with E-state index in [-0.39, 0.29) is 18.0 Å². The molecule has 0 saturated carbocycles. The zero-order valence-electron chi connectivity index (χ0n) is 9.48. The molecule has 0 bridgehead atoms. The van der Waals surface area contributed by atoms with Gasteiger partial charge in [-0.15, -0.1) is 5.73 Å². The maximum absolute atomic E-state index is 11.7. The molecule has 4 N–H and O–H groups in total. The van der Waals surface area contributed by atoms with Gasteiger partial charge in [0.25, 0.3) is 0 Å². The molecule has 2 rings (SSSR count). The molecule has 18 heavy (non-hydrogen) atoms. The Labute approximate surface area is 102 Å². The molecule has 1 aromatic rings. The molecule has 0 aromatic carbocycles. The van der Waals surface area contributed by atoms with Crippen LogP contribution in [0.25, 0.3) is 0 Å². The number of nitrogens with zero attached hydrogens (tertiary/aromatic N) is 2. The molecule has 7 heteroatoms. The van der Waals surface area contributed by atoms with Crippen LogP contribution in [0.1, 0.15) is 6.23 Å². The van der Waals surface area contributed by atoms with E-state index >= 15 is 0 Å². The fourth-order valence-electron chi connectivity index (χ4n) is 1.81. The molecular weight excluding hydrogens is 238 g/mol. The monoisotopic (exact) mass is 251 g/mol. The molecule has 1 aliphatic rings. The minimum absolute atomic E-state index is 0.0950. The van der Waals surface area contributed by atoms with Gasteiger partial charge in [0, 0.05) is 6.20 Å². The lowest BCUT2D eigenvalue weighted by Gasteiger charge is -2.14. The van der Waals surface area contributed by atoms with Gasteiger partial charge in [-0.2, -0.15) is 4.98 Å². The van der Waals surface area contributed by atoms with Gasteiger partial charge in [-0.25, -0.2) is 4.79 Å². The molecular formula is C11H13N3O4. The van der Waals surface area contributed by atoms with E-state index in [1.54, 1.807) is 0 Å². The van der Waals surface area contributed by atoms with Gasteiger partial charge in [0.1, 0.15) is 18.0 Å². The van der Waals surface area contributed by atoms with Crippen LogP contribution >= 0.6 is 0 Å². The molecule has 0 aliphatic carbocycles. The summed E-state index contributed by atoms with van der Waals surface area (Å²) in [6, 6.07) is 1.43. The first-order valence-electron chi connectivity index (χ1n) is 5.27. The predicted molar refractivity (Wildman–Crippen MR) is 62.6 cm³/mol. The molecule has 1 fully saturated rings. The van der Waals surface area contributed by atoms with Crippen LogP contribution in [0.3, 0.4) is 0 Å². The second kappa shape index (κ2) is 4.75. The summed E-state index contributed by atoms with van der Waals surface area (Å²) >= 11 is 0. The third-order valence-corrected chi connectivity index (χ3v) is 2.73. The van der Waals surface area contributed by atoms with Crippen molar-refractivity contribution in [3.05, 3.63) is 40.6 Å². The summed E-state index contributed by atoms with van der Waals surface area (Å²) in [5.74, 6) is 0.0950. The Morgan fingerprint density at radius 1 is 1.67 bits per heavy atom. The number of anilines is 1. The number of aliphatic hydroxyl groups is 2. The maximum atomic E-state index is 11.7. The van der Waals surface area contributed by atoms with Gasteiger partial charge in [0.05, 0.1) is 12.2 Å². The quantitative estimate of drug-likeness (QED) is 0.569. The van der Waals surface area contributed by atoms with Gasteiger partial charge >= 0.3 is 5.69 Å². The van der Waals surface area contributed by atoms with Crippen molar-refractivity contribution < 1.29 is 14.9 Å². The second-order valence-corrected chi connectivity index (χ2v) is 3.83. The molecule has 1 aliphatic heterocycles. The van der Waals surface area contributed by atoms with Crippen LogP contribution in [0.5, 0.6) is 0 Å². The van der Waals surface area contributed by atoms with Crippen molar-refractivity contribution in [2.75, 3.05) is 12.3 Å². The average molecular weight is 251 g/mol. The number of rotatable bonds is 2. The zero-order chi connectivity index (χ0) is 13.3. The van der Waals surface area contributed by atoms with E-state index in [9.17, 15) is 9.90 Å². The minimum atomic E-state index is -1.05. The highest BCUT2D eigenvalue weighted by Crippen LogP contribution is 2.32. The molecule has 1 saturated heterocycles. The largest absolute Gasteiger partial charge is 0.394 e. The van der Waals surface area contributed by atoms with Gasteiger partial charge in [0.15, 0.2) is 6.23 Å². The molecule has 1 unspecified atom stereocenters. The van der Waals surface area contributed by atoms with E-state index in [4.69, 9.17) is 15.6 Å². The Balaban J connectivity index is 2.45. The van der Waals surface area contributed by atoms with E-state index in [1.807, 2.05) is 0 Å². The predicted octanol–water partition coefficient (Wildman–Crippen LogP) is -1.21. The number of ether oxygens (including phenoxy) is 1. The zero-order valence-corrected chi connectivity index (χ0v) is 9.48. The highest BCUT2D eigenvalue weighted by Gasteiger charge is 2.39. The average Bonchev–Trinajstić information content (AvgIpc) is 2.65. The highest BCUT2D eigenvalue weighted by molar-refractivity contribution is 5.25. The molecule has 7 nitrogen and oxygen atoms in total. The van der Waals surface area contributed by atoms with Gasteiger partial charge < -0.3 is 20.7 Å². The van der Waals surface area contributed by atoms with Crippen molar-refractivity contribution in [3.8, 4) is 0 Å². The van der Waals surface area contributed by atoms with Crippen LogP contribution in [-0.2, 0) is 4.74 Å². The van der Waals surface area contributed by atoms with Crippen LogP contribution < -0.4 is 11.4 Å². The first-order valence-corrected chi connectivity index (χ1v) is 5.27. The van der Waals surface area contributed by atoms with Gasteiger partial charge in [-0.05, 0) is 6.07 Å². The number of nitrogens with two attached hydrogens (primary N) is 1. The Bertz CT molecular complexity index is 562. The summed E-state index contributed by atoms with van der Waals surface area (Å²) in [5, 5.41) is 18.9. The SMILES string of the molecule is C=C=C1C(O)[C@@H](CO)O[C@H]1n1ccc(N)nc1=O. The molecule has 1 aromatic heterocycles. The Hall–Kier alpha value is -1.92. The van der Waals surface area contributed by atoms with Crippen LogP contribution in [0.2, 0.25) is 0 Å². The van der Waals surface area contributed by atoms with E-state index in [0.717, 1.165) is 4.57 Å². The smallest absolute Gasteiger partial charge is 0.351 e. The van der Waals surface area contributed by atoms with Crippen molar-refractivity contribution in [3.63, 3.8) is 0 Å².